The molecule has 1 aromatic heterocycles. The van der Waals surface area contributed by atoms with Gasteiger partial charge in [0.2, 0.25) is 0 Å². The van der Waals surface area contributed by atoms with Gasteiger partial charge >= 0.3 is 5.76 Å². The number of ether oxygens (including phenoxy) is 2. The molecule has 0 atom stereocenters. The molecule has 0 aliphatic heterocycles. The summed E-state index contributed by atoms with van der Waals surface area (Å²) in [7, 11) is 3.01. The molecule has 0 aliphatic rings. The maximum atomic E-state index is 12.5. The van der Waals surface area contributed by atoms with E-state index in [-0.39, 0.29) is 5.91 Å². The Morgan fingerprint density at radius 2 is 1.83 bits per heavy atom. The number of carbonyl (C=O) groups excluding carboxylic acids is 1. The summed E-state index contributed by atoms with van der Waals surface area (Å²) in [6.45, 7) is 0. The number of anilines is 1. The zero-order chi connectivity index (χ0) is 17.3. The predicted octanol–water partition coefficient (Wildman–Crippen LogP) is 3.15. The molecule has 2 N–H and O–H groups in total. The van der Waals surface area contributed by atoms with E-state index >= 15 is 0 Å². The fraction of sp³-hybridized carbons (Fsp3) is 0.125. The van der Waals surface area contributed by atoms with Crippen LogP contribution in [0.25, 0.3) is 11.1 Å². The Kier molecular flexibility index (Phi) is 4.30. The summed E-state index contributed by atoms with van der Waals surface area (Å²) in [5, 5.41) is 2.75. The number of nitrogens with one attached hydrogen (secondary N) is 2. The molecule has 0 spiro atoms. The molecule has 3 aromatic rings. The van der Waals surface area contributed by atoms with Crippen molar-refractivity contribution in [3.8, 4) is 11.5 Å². The summed E-state index contributed by atoms with van der Waals surface area (Å²) in [5.74, 6) is 0.0726. The lowest BCUT2D eigenvalue weighted by Gasteiger charge is -2.11. The average molecular weight is 393 g/mol. The summed E-state index contributed by atoms with van der Waals surface area (Å²) in [6.07, 6.45) is 0. The third-order valence-electron chi connectivity index (χ3n) is 3.38. The number of hydrogen-bond acceptors (Lipinski definition) is 5. The number of oxazole rings is 1. The molecule has 1 amide bonds. The van der Waals surface area contributed by atoms with Crippen molar-refractivity contribution in [1.29, 1.82) is 0 Å². The lowest BCUT2D eigenvalue weighted by atomic mass is 10.1. The maximum Gasteiger partial charge on any atom is 0.417 e. The van der Waals surface area contributed by atoms with Crippen LogP contribution in [0.2, 0.25) is 0 Å². The number of aromatic amines is 1. The third-order valence-corrected chi connectivity index (χ3v) is 4.17. The van der Waals surface area contributed by atoms with E-state index in [0.29, 0.717) is 38.3 Å². The van der Waals surface area contributed by atoms with E-state index in [0.717, 1.165) is 0 Å². The Bertz CT molecular complexity index is 951. The molecule has 0 unspecified atom stereocenters. The van der Waals surface area contributed by atoms with Crippen molar-refractivity contribution in [2.24, 2.45) is 0 Å². The molecular weight excluding hydrogens is 380 g/mol. The zero-order valence-electron chi connectivity index (χ0n) is 12.8. The Balaban J connectivity index is 1.91. The first kappa shape index (κ1) is 16.1. The van der Waals surface area contributed by atoms with Gasteiger partial charge in [0.1, 0.15) is 16.0 Å². The predicted molar refractivity (Wildman–Crippen MR) is 92.0 cm³/mol. The number of H-pyrrole nitrogens is 1. The van der Waals surface area contributed by atoms with Gasteiger partial charge in [-0.15, -0.1) is 0 Å². The van der Waals surface area contributed by atoms with Gasteiger partial charge in [0.25, 0.3) is 5.91 Å². The molecule has 0 bridgehead atoms. The molecule has 0 saturated carbocycles. The molecule has 124 valence electrons. The summed E-state index contributed by atoms with van der Waals surface area (Å²) in [5.41, 5.74) is 1.81. The lowest BCUT2D eigenvalue weighted by Crippen LogP contribution is -2.12. The van der Waals surface area contributed by atoms with E-state index in [4.69, 9.17) is 13.9 Å². The van der Waals surface area contributed by atoms with E-state index in [2.05, 4.69) is 26.2 Å². The van der Waals surface area contributed by atoms with Crippen LogP contribution in [-0.4, -0.2) is 25.1 Å². The van der Waals surface area contributed by atoms with E-state index in [1.165, 1.54) is 14.2 Å². The van der Waals surface area contributed by atoms with Gasteiger partial charge in [-0.3, -0.25) is 9.78 Å². The van der Waals surface area contributed by atoms with Crippen LogP contribution in [0.4, 0.5) is 5.69 Å². The molecule has 0 saturated heterocycles. The van der Waals surface area contributed by atoms with Crippen LogP contribution in [-0.2, 0) is 0 Å². The molecule has 3 rings (SSSR count). The summed E-state index contributed by atoms with van der Waals surface area (Å²) < 4.78 is 16.0. The van der Waals surface area contributed by atoms with Gasteiger partial charge in [-0.1, -0.05) is 0 Å². The molecule has 24 heavy (non-hydrogen) atoms. The normalized spacial score (nSPS) is 10.6. The highest BCUT2D eigenvalue weighted by Crippen LogP contribution is 2.35. The maximum absolute atomic E-state index is 12.5. The SMILES string of the molecule is COc1cc(C(=O)Nc2ccc3oc(=O)[nH]c3c2)cc(OC)c1Br. The van der Waals surface area contributed by atoms with Crippen LogP contribution < -0.4 is 20.5 Å². The molecule has 0 fully saturated rings. The minimum Gasteiger partial charge on any atom is -0.495 e. The number of rotatable bonds is 4. The fourth-order valence-electron chi connectivity index (χ4n) is 2.23. The van der Waals surface area contributed by atoms with Crippen molar-refractivity contribution >= 4 is 38.6 Å². The van der Waals surface area contributed by atoms with Crippen molar-refractivity contribution in [3.05, 3.63) is 50.9 Å². The number of benzene rings is 2. The molecule has 2 aromatic carbocycles. The summed E-state index contributed by atoms with van der Waals surface area (Å²) in [4.78, 5) is 26.2. The Morgan fingerprint density at radius 3 is 2.46 bits per heavy atom. The largest absolute Gasteiger partial charge is 0.495 e. The second kappa shape index (κ2) is 6.40. The van der Waals surface area contributed by atoms with Crippen LogP contribution in [0.3, 0.4) is 0 Å². The number of carbonyl (C=O) groups is 1. The highest BCUT2D eigenvalue weighted by Gasteiger charge is 2.15. The van der Waals surface area contributed by atoms with Crippen molar-refractivity contribution < 1.29 is 18.7 Å². The number of halogens is 1. The summed E-state index contributed by atoms with van der Waals surface area (Å²) >= 11 is 3.36. The van der Waals surface area contributed by atoms with Crippen LogP contribution >= 0.6 is 15.9 Å². The van der Waals surface area contributed by atoms with Gasteiger partial charge in [-0.05, 0) is 46.3 Å². The zero-order valence-corrected chi connectivity index (χ0v) is 14.4. The summed E-state index contributed by atoms with van der Waals surface area (Å²) in [6, 6.07) is 8.06. The topological polar surface area (TPSA) is 93.6 Å². The van der Waals surface area contributed by atoms with Crippen LogP contribution in [0.1, 0.15) is 10.4 Å². The van der Waals surface area contributed by atoms with Gasteiger partial charge in [0, 0.05) is 11.3 Å². The quantitative estimate of drug-likeness (QED) is 0.711. The third kappa shape index (κ3) is 3.00. The molecule has 0 radical (unpaired) electrons. The fourth-order valence-corrected chi connectivity index (χ4v) is 2.79. The second-order valence-corrected chi connectivity index (χ2v) is 5.67. The number of amides is 1. The number of methoxy groups -OCH3 is 2. The van der Waals surface area contributed by atoms with Gasteiger partial charge in [-0.2, -0.15) is 0 Å². The lowest BCUT2D eigenvalue weighted by molar-refractivity contribution is 0.102. The standard InChI is InChI=1S/C16H13BrN2O5/c1-22-12-5-8(6-13(23-2)14(12)17)15(20)18-9-3-4-11-10(7-9)19-16(21)24-11/h3-7H,1-2H3,(H,18,20)(H,19,21). The first-order valence-electron chi connectivity index (χ1n) is 6.87. The highest BCUT2D eigenvalue weighted by molar-refractivity contribution is 9.10. The second-order valence-electron chi connectivity index (χ2n) is 4.87. The van der Waals surface area contributed by atoms with Crippen molar-refractivity contribution in [2.75, 3.05) is 19.5 Å². The van der Waals surface area contributed by atoms with Crippen molar-refractivity contribution in [2.45, 2.75) is 0 Å². The van der Waals surface area contributed by atoms with E-state index in [9.17, 15) is 9.59 Å². The van der Waals surface area contributed by atoms with E-state index < -0.39 is 5.76 Å². The Hall–Kier alpha value is -2.74. The molecule has 1 heterocycles. The number of hydrogen-bond donors (Lipinski definition) is 2. The smallest absolute Gasteiger partial charge is 0.417 e. The van der Waals surface area contributed by atoms with Crippen LogP contribution in [0.5, 0.6) is 11.5 Å². The Labute approximate surface area is 144 Å². The number of fused-ring (bicyclic) bond motifs is 1. The Morgan fingerprint density at radius 1 is 1.17 bits per heavy atom. The molecule has 8 heteroatoms. The monoisotopic (exact) mass is 392 g/mol. The average Bonchev–Trinajstić information content (AvgIpc) is 2.94. The number of aromatic nitrogens is 1. The van der Waals surface area contributed by atoms with Crippen LogP contribution in [0.15, 0.2) is 44.0 Å². The minimum atomic E-state index is -0.546. The van der Waals surface area contributed by atoms with E-state index in [1.54, 1.807) is 30.3 Å². The molecule has 7 nitrogen and oxygen atoms in total. The first-order chi connectivity index (χ1) is 11.5. The minimum absolute atomic E-state index is 0.343. The van der Waals surface area contributed by atoms with E-state index in [1.807, 2.05) is 0 Å². The molecular formula is C16H13BrN2O5. The first-order valence-corrected chi connectivity index (χ1v) is 7.67. The van der Waals surface area contributed by atoms with Gasteiger partial charge in [0.15, 0.2) is 5.58 Å². The van der Waals surface area contributed by atoms with Crippen LogP contribution in [0, 0.1) is 0 Å². The molecule has 0 aliphatic carbocycles. The van der Waals surface area contributed by atoms with Crippen molar-refractivity contribution in [1.82, 2.24) is 4.98 Å². The van der Waals surface area contributed by atoms with Crippen molar-refractivity contribution in [3.63, 3.8) is 0 Å². The van der Waals surface area contributed by atoms with Gasteiger partial charge < -0.3 is 19.2 Å². The van der Waals surface area contributed by atoms with Gasteiger partial charge in [-0.25, -0.2) is 4.79 Å². The highest BCUT2D eigenvalue weighted by atomic mass is 79.9. The van der Waals surface area contributed by atoms with Gasteiger partial charge in [0.05, 0.1) is 19.7 Å².